The van der Waals surface area contributed by atoms with Gasteiger partial charge in [-0.05, 0) is 59.9 Å². The maximum absolute atomic E-state index is 11.8. The number of hydrogen-bond donors (Lipinski definition) is 1. The molecule has 0 bridgehead atoms. The SMILES string of the molecule is N=C(Sc1ccccc1)S(=O)(=O)C(Br)(Br)Br. The van der Waals surface area contributed by atoms with E-state index in [1.807, 2.05) is 6.07 Å². The molecule has 3 nitrogen and oxygen atoms in total. The van der Waals surface area contributed by atoms with E-state index in [4.69, 9.17) is 5.41 Å². The van der Waals surface area contributed by atoms with Gasteiger partial charge < -0.3 is 0 Å². The normalized spacial score (nSPS) is 12.4. The van der Waals surface area contributed by atoms with Crippen molar-refractivity contribution in [3.05, 3.63) is 30.3 Å². The van der Waals surface area contributed by atoms with Crippen LogP contribution in [0.3, 0.4) is 0 Å². The molecule has 0 saturated carbocycles. The lowest BCUT2D eigenvalue weighted by Crippen LogP contribution is -2.23. The second-order valence-electron chi connectivity index (χ2n) is 2.65. The van der Waals surface area contributed by atoms with Gasteiger partial charge in [0.05, 0.1) is 0 Å². The predicted molar refractivity (Wildman–Crippen MR) is 78.5 cm³/mol. The molecule has 88 valence electrons. The molecule has 0 heterocycles. The first kappa shape index (κ1) is 14.7. The Morgan fingerprint density at radius 1 is 1.19 bits per heavy atom. The minimum atomic E-state index is -3.78. The molecule has 0 fully saturated rings. The van der Waals surface area contributed by atoms with E-state index in [9.17, 15) is 8.42 Å². The zero-order chi connectivity index (χ0) is 12.4. The van der Waals surface area contributed by atoms with Crippen LogP contribution in [0.5, 0.6) is 0 Å². The predicted octanol–water partition coefficient (Wildman–Crippen LogP) is 3.92. The molecule has 1 aromatic rings. The average Bonchev–Trinajstić information content (AvgIpc) is 2.17. The third-order valence-electron chi connectivity index (χ3n) is 1.50. The first-order valence-electron chi connectivity index (χ1n) is 3.88. The molecule has 1 N–H and O–H groups in total. The third kappa shape index (κ3) is 3.56. The van der Waals surface area contributed by atoms with E-state index in [1.54, 1.807) is 24.3 Å². The topological polar surface area (TPSA) is 58.0 Å². The second kappa shape index (κ2) is 5.51. The summed E-state index contributed by atoms with van der Waals surface area (Å²) in [5.41, 5.74) is 0. The quantitative estimate of drug-likeness (QED) is 0.304. The molecule has 0 aromatic heterocycles. The molecule has 8 heteroatoms. The molecule has 0 aliphatic carbocycles. The van der Waals surface area contributed by atoms with Crippen LogP contribution < -0.4 is 0 Å². The van der Waals surface area contributed by atoms with Crippen molar-refractivity contribution >= 4 is 73.8 Å². The number of sulfone groups is 1. The third-order valence-corrected chi connectivity index (χ3v) is 8.04. The molecular formula is C8H6Br3NO2S2. The number of benzene rings is 1. The average molecular weight is 452 g/mol. The van der Waals surface area contributed by atoms with E-state index >= 15 is 0 Å². The summed E-state index contributed by atoms with van der Waals surface area (Å²) in [5.74, 6) is 0. The van der Waals surface area contributed by atoms with Crippen LogP contribution in [0.4, 0.5) is 0 Å². The van der Waals surface area contributed by atoms with Crippen LogP contribution in [0.15, 0.2) is 35.2 Å². The fourth-order valence-corrected chi connectivity index (χ4v) is 5.00. The summed E-state index contributed by atoms with van der Waals surface area (Å²) < 4.78 is 21.6. The standard InChI is InChI=1S/C8H6Br3NO2S2/c9-8(10,11)16(13,14)7(12)15-6-4-2-1-3-5-6/h1-5,12H. The van der Waals surface area contributed by atoms with Crippen molar-refractivity contribution in [2.24, 2.45) is 0 Å². The van der Waals surface area contributed by atoms with Crippen LogP contribution >= 0.6 is 59.6 Å². The molecule has 0 unspecified atom stereocenters. The van der Waals surface area contributed by atoms with Crippen LogP contribution in [-0.2, 0) is 9.84 Å². The van der Waals surface area contributed by atoms with E-state index in [-0.39, 0.29) is 0 Å². The van der Waals surface area contributed by atoms with Gasteiger partial charge in [-0.1, -0.05) is 30.0 Å². The molecule has 1 aromatic carbocycles. The lowest BCUT2D eigenvalue weighted by atomic mass is 10.4. The van der Waals surface area contributed by atoms with Crippen molar-refractivity contribution in [3.63, 3.8) is 0 Å². The maximum atomic E-state index is 11.8. The monoisotopic (exact) mass is 449 g/mol. The lowest BCUT2D eigenvalue weighted by molar-refractivity contribution is 0.610. The van der Waals surface area contributed by atoms with Crippen molar-refractivity contribution in [3.8, 4) is 0 Å². The maximum Gasteiger partial charge on any atom is 0.241 e. The van der Waals surface area contributed by atoms with Gasteiger partial charge in [-0.2, -0.15) is 0 Å². The summed E-state index contributed by atoms with van der Waals surface area (Å²) in [6.07, 6.45) is 0. The zero-order valence-electron chi connectivity index (χ0n) is 7.65. The number of nitrogens with one attached hydrogen (secondary N) is 1. The first-order chi connectivity index (χ1) is 7.25. The molecule has 0 amide bonds. The molecular weight excluding hydrogens is 446 g/mol. The van der Waals surface area contributed by atoms with Gasteiger partial charge in [0.15, 0.2) is 4.38 Å². The molecule has 0 radical (unpaired) electrons. The number of thioether (sulfide) groups is 1. The summed E-state index contributed by atoms with van der Waals surface area (Å²) in [4.78, 5) is 0.702. The van der Waals surface area contributed by atoms with E-state index in [0.29, 0.717) is 4.90 Å². The summed E-state index contributed by atoms with van der Waals surface area (Å²) in [6, 6.07) is 8.88. The number of alkyl halides is 3. The Morgan fingerprint density at radius 3 is 2.12 bits per heavy atom. The minimum Gasteiger partial charge on any atom is -0.283 e. The fraction of sp³-hybridized carbons (Fsp3) is 0.125. The summed E-state index contributed by atoms with van der Waals surface area (Å²) in [7, 11) is -3.78. The van der Waals surface area contributed by atoms with Gasteiger partial charge in [-0.25, -0.2) is 8.42 Å². The van der Waals surface area contributed by atoms with Gasteiger partial charge in [0.1, 0.15) is 0 Å². The van der Waals surface area contributed by atoms with E-state index < -0.39 is 15.7 Å². The lowest BCUT2D eigenvalue weighted by Gasteiger charge is -2.13. The number of halogens is 3. The van der Waals surface area contributed by atoms with Crippen molar-refractivity contribution in [1.82, 2.24) is 0 Å². The highest BCUT2D eigenvalue weighted by atomic mass is 80.0. The van der Waals surface area contributed by atoms with Crippen LogP contribution in [0, 0.1) is 5.41 Å². The van der Waals surface area contributed by atoms with E-state index in [2.05, 4.69) is 47.8 Å². The summed E-state index contributed by atoms with van der Waals surface area (Å²) in [6.45, 7) is 0. The smallest absolute Gasteiger partial charge is 0.241 e. The molecule has 0 aliphatic heterocycles. The van der Waals surface area contributed by atoms with Gasteiger partial charge in [-0.15, -0.1) is 0 Å². The van der Waals surface area contributed by atoms with Gasteiger partial charge in [-0.3, -0.25) is 5.41 Å². The Morgan fingerprint density at radius 2 is 1.69 bits per heavy atom. The Balaban J connectivity index is 2.90. The highest BCUT2D eigenvalue weighted by molar-refractivity contribution is 9.42. The highest BCUT2D eigenvalue weighted by Crippen LogP contribution is 2.42. The molecule has 16 heavy (non-hydrogen) atoms. The second-order valence-corrected chi connectivity index (χ2v) is 14.4. The Labute approximate surface area is 123 Å². The van der Waals surface area contributed by atoms with Crippen LogP contribution in [0.1, 0.15) is 0 Å². The number of rotatable bonds is 1. The molecule has 0 atom stereocenters. The van der Waals surface area contributed by atoms with Gasteiger partial charge in [0.2, 0.25) is 11.3 Å². The minimum absolute atomic E-state index is 0.440. The molecule has 0 saturated heterocycles. The van der Waals surface area contributed by atoms with Crippen molar-refractivity contribution in [2.45, 2.75) is 6.37 Å². The number of hydrogen-bond acceptors (Lipinski definition) is 4. The van der Waals surface area contributed by atoms with E-state index in [1.165, 1.54) is 0 Å². The largest absolute Gasteiger partial charge is 0.283 e. The molecule has 1 rings (SSSR count). The van der Waals surface area contributed by atoms with Crippen molar-refractivity contribution < 1.29 is 8.42 Å². The van der Waals surface area contributed by atoms with Gasteiger partial charge >= 0.3 is 0 Å². The van der Waals surface area contributed by atoms with Crippen molar-refractivity contribution in [1.29, 1.82) is 5.41 Å². The first-order valence-corrected chi connectivity index (χ1v) is 8.56. The van der Waals surface area contributed by atoms with Crippen molar-refractivity contribution in [2.75, 3.05) is 0 Å². The molecule has 0 spiro atoms. The summed E-state index contributed by atoms with van der Waals surface area (Å²) in [5, 5.41) is 7.57. The highest BCUT2D eigenvalue weighted by Gasteiger charge is 2.40. The van der Waals surface area contributed by atoms with Gasteiger partial charge in [0.25, 0.3) is 0 Å². The Kier molecular flexibility index (Phi) is 5.06. The van der Waals surface area contributed by atoms with Crippen LogP contribution in [0.2, 0.25) is 0 Å². The summed E-state index contributed by atoms with van der Waals surface area (Å²) >= 11 is 9.60. The zero-order valence-corrected chi connectivity index (χ0v) is 14.0. The molecule has 0 aliphatic rings. The van der Waals surface area contributed by atoms with Gasteiger partial charge in [0, 0.05) is 4.90 Å². The Hall–Kier alpha value is 0.630. The fourth-order valence-electron chi connectivity index (χ4n) is 0.756. The van der Waals surface area contributed by atoms with Crippen LogP contribution in [-0.4, -0.2) is 14.3 Å². The van der Waals surface area contributed by atoms with E-state index in [0.717, 1.165) is 11.8 Å². The van der Waals surface area contributed by atoms with Crippen LogP contribution in [0.25, 0.3) is 0 Å². The Bertz CT molecular complexity index is 482.